The molecule has 1 saturated heterocycles. The van der Waals surface area contributed by atoms with Crippen molar-refractivity contribution in [3.05, 3.63) is 53.5 Å². The van der Waals surface area contributed by atoms with Crippen molar-refractivity contribution in [2.45, 2.75) is 30.7 Å². The summed E-state index contributed by atoms with van der Waals surface area (Å²) in [6.45, 7) is 3.24. The number of carbonyl (C=O) groups is 1. The maximum absolute atomic E-state index is 12.7. The van der Waals surface area contributed by atoms with Crippen molar-refractivity contribution in [1.82, 2.24) is 14.2 Å². The van der Waals surface area contributed by atoms with Gasteiger partial charge in [-0.3, -0.25) is 4.79 Å². The normalized spacial score (nSPS) is 15.8. The van der Waals surface area contributed by atoms with Crippen LogP contribution in [-0.4, -0.2) is 55.2 Å². The van der Waals surface area contributed by atoms with Crippen molar-refractivity contribution in [1.29, 1.82) is 0 Å². The zero-order chi connectivity index (χ0) is 22.0. The van der Waals surface area contributed by atoms with Crippen molar-refractivity contribution in [2.75, 3.05) is 32.0 Å². The number of rotatable bonds is 7. The Morgan fingerprint density at radius 2 is 1.84 bits per heavy atom. The number of carbonyl (C=O) groups excluding carboxylic acids is 1. The lowest BCUT2D eigenvalue weighted by atomic mass is 10.3. The van der Waals surface area contributed by atoms with Crippen LogP contribution in [0.4, 0.5) is 5.69 Å². The van der Waals surface area contributed by atoms with E-state index in [9.17, 15) is 13.2 Å². The Morgan fingerprint density at radius 3 is 2.52 bits per heavy atom. The Bertz CT molecular complexity index is 1140. The Morgan fingerprint density at radius 1 is 1.16 bits per heavy atom. The number of nitrogens with one attached hydrogen (secondary N) is 1. The largest absolute Gasteiger partial charge is 0.376 e. The summed E-state index contributed by atoms with van der Waals surface area (Å²) in [6.07, 6.45) is 1.81. The summed E-state index contributed by atoms with van der Waals surface area (Å²) in [5.41, 5.74) is 1.65. The highest BCUT2D eigenvalue weighted by Crippen LogP contribution is 2.29. The van der Waals surface area contributed by atoms with Crippen LogP contribution in [0, 0.1) is 0 Å². The third-order valence-corrected chi connectivity index (χ3v) is 8.76. The van der Waals surface area contributed by atoms with Gasteiger partial charge in [-0.05, 0) is 56.2 Å². The number of hydrogen-bond acceptors (Lipinski definition) is 6. The molecule has 0 unspecified atom stereocenters. The molecule has 2 heterocycles. The van der Waals surface area contributed by atoms with Gasteiger partial charge in [0.25, 0.3) is 0 Å². The highest BCUT2D eigenvalue weighted by atomic mass is 32.2. The summed E-state index contributed by atoms with van der Waals surface area (Å²) in [6, 6.07) is 14.4. The van der Waals surface area contributed by atoms with Crippen LogP contribution >= 0.6 is 11.3 Å². The molecule has 31 heavy (non-hydrogen) atoms. The predicted molar refractivity (Wildman–Crippen MR) is 124 cm³/mol. The summed E-state index contributed by atoms with van der Waals surface area (Å²) >= 11 is 1.59. The molecular weight excluding hydrogens is 432 g/mol. The fraction of sp³-hybridized carbons (Fsp3) is 0.364. The molecule has 1 aliphatic rings. The van der Waals surface area contributed by atoms with E-state index in [1.165, 1.54) is 4.31 Å². The number of benzene rings is 2. The second kappa shape index (κ2) is 8.94. The molecule has 164 valence electrons. The lowest BCUT2D eigenvalue weighted by Crippen LogP contribution is -2.34. The number of aromatic nitrogens is 1. The number of sulfonamides is 1. The molecule has 0 saturated carbocycles. The second-order valence-electron chi connectivity index (χ2n) is 7.69. The predicted octanol–water partition coefficient (Wildman–Crippen LogP) is 3.71. The maximum Gasteiger partial charge on any atom is 0.243 e. The van der Waals surface area contributed by atoms with Crippen LogP contribution in [0.1, 0.15) is 30.8 Å². The van der Waals surface area contributed by atoms with E-state index in [4.69, 9.17) is 0 Å². The van der Waals surface area contributed by atoms with Crippen LogP contribution in [0.3, 0.4) is 0 Å². The first kappa shape index (κ1) is 21.7. The number of nitrogens with zero attached hydrogens (tertiary/aromatic N) is 3. The van der Waals surface area contributed by atoms with Gasteiger partial charge in [0.1, 0.15) is 5.01 Å². The van der Waals surface area contributed by atoms with Gasteiger partial charge < -0.3 is 10.2 Å². The van der Waals surface area contributed by atoms with Crippen LogP contribution in [0.15, 0.2) is 53.4 Å². The molecule has 1 amide bonds. The molecule has 0 spiro atoms. The first-order valence-electron chi connectivity index (χ1n) is 10.3. The molecule has 1 aromatic heterocycles. The number of fused-ring (bicyclic) bond motifs is 1. The summed E-state index contributed by atoms with van der Waals surface area (Å²) < 4.78 is 27.9. The first-order valence-corrected chi connectivity index (χ1v) is 12.6. The monoisotopic (exact) mass is 458 g/mol. The van der Waals surface area contributed by atoms with Gasteiger partial charge in [0.2, 0.25) is 15.9 Å². The highest BCUT2D eigenvalue weighted by molar-refractivity contribution is 7.89. The van der Waals surface area contributed by atoms with Gasteiger partial charge in [0, 0.05) is 25.8 Å². The quantitative estimate of drug-likeness (QED) is 0.584. The van der Waals surface area contributed by atoms with E-state index in [-0.39, 0.29) is 23.4 Å². The zero-order valence-electron chi connectivity index (χ0n) is 17.6. The van der Waals surface area contributed by atoms with Crippen LogP contribution in [0.5, 0.6) is 0 Å². The number of hydrogen-bond donors (Lipinski definition) is 1. The Balaban J connectivity index is 1.36. The summed E-state index contributed by atoms with van der Waals surface area (Å²) in [5.74, 6) is -0.0690. The Kier molecular flexibility index (Phi) is 6.27. The minimum Gasteiger partial charge on any atom is -0.376 e. The number of thiazole rings is 1. The molecule has 2 aromatic carbocycles. The van der Waals surface area contributed by atoms with Crippen molar-refractivity contribution < 1.29 is 13.2 Å². The van der Waals surface area contributed by atoms with Crippen LogP contribution in [-0.2, 0) is 14.8 Å². The van der Waals surface area contributed by atoms with Crippen LogP contribution in [0.2, 0.25) is 0 Å². The standard InChI is InChI=1S/C22H26N4O3S2/c1-16(22-24-19-7-3-4-8-20(19)30-22)25(2)21(27)15-23-17-9-11-18(12-10-17)31(28,29)26-13-5-6-14-26/h3-4,7-12,16,23H,5-6,13-15H2,1-2H3/t16-/m0/s1. The second-order valence-corrected chi connectivity index (χ2v) is 10.7. The summed E-state index contributed by atoms with van der Waals surface area (Å²) in [7, 11) is -1.66. The molecule has 0 radical (unpaired) electrons. The van der Waals surface area contributed by atoms with E-state index in [1.54, 1.807) is 47.5 Å². The number of para-hydroxylation sites is 1. The molecule has 7 nitrogen and oxygen atoms in total. The van der Waals surface area contributed by atoms with E-state index >= 15 is 0 Å². The van der Waals surface area contributed by atoms with Gasteiger partial charge >= 0.3 is 0 Å². The fourth-order valence-corrected chi connectivity index (χ4v) is 6.15. The molecule has 1 aliphatic heterocycles. The average Bonchev–Trinajstić information content (AvgIpc) is 3.47. The third kappa shape index (κ3) is 4.58. The Hall–Kier alpha value is -2.49. The topological polar surface area (TPSA) is 82.6 Å². The fourth-order valence-electron chi connectivity index (χ4n) is 3.58. The van der Waals surface area contributed by atoms with Crippen molar-refractivity contribution >= 4 is 43.2 Å². The minimum absolute atomic E-state index is 0.0690. The van der Waals surface area contributed by atoms with Crippen LogP contribution in [0.25, 0.3) is 10.2 Å². The minimum atomic E-state index is -3.43. The summed E-state index contributed by atoms with van der Waals surface area (Å²) in [4.78, 5) is 19.3. The van der Waals surface area contributed by atoms with Gasteiger partial charge in [0.05, 0.1) is 27.7 Å². The highest BCUT2D eigenvalue weighted by Gasteiger charge is 2.27. The maximum atomic E-state index is 12.7. The van der Waals surface area contributed by atoms with E-state index in [2.05, 4.69) is 10.3 Å². The lowest BCUT2D eigenvalue weighted by molar-refractivity contribution is -0.129. The SMILES string of the molecule is C[C@@H](c1nc2ccccc2s1)N(C)C(=O)CNc1ccc(S(=O)(=O)N2CCCC2)cc1. The molecule has 0 bridgehead atoms. The van der Waals surface area contributed by atoms with Gasteiger partial charge in [-0.2, -0.15) is 4.31 Å². The van der Waals surface area contributed by atoms with E-state index in [1.807, 2.05) is 31.2 Å². The molecule has 1 fully saturated rings. The molecule has 9 heteroatoms. The van der Waals surface area contributed by atoms with Gasteiger partial charge in [-0.1, -0.05) is 12.1 Å². The van der Waals surface area contributed by atoms with Crippen LogP contribution < -0.4 is 5.32 Å². The molecule has 0 aliphatic carbocycles. The Labute approximate surface area is 186 Å². The molecular formula is C22H26N4O3S2. The van der Waals surface area contributed by atoms with Gasteiger partial charge in [-0.15, -0.1) is 11.3 Å². The van der Waals surface area contributed by atoms with Gasteiger partial charge in [0.15, 0.2) is 0 Å². The zero-order valence-corrected chi connectivity index (χ0v) is 19.2. The van der Waals surface area contributed by atoms with E-state index in [0.717, 1.165) is 28.1 Å². The van der Waals surface area contributed by atoms with Crippen molar-refractivity contribution in [3.8, 4) is 0 Å². The molecule has 3 aromatic rings. The molecule has 4 rings (SSSR count). The van der Waals surface area contributed by atoms with Crippen molar-refractivity contribution in [2.24, 2.45) is 0 Å². The van der Waals surface area contributed by atoms with E-state index in [0.29, 0.717) is 18.8 Å². The molecule has 1 N–H and O–H groups in total. The number of amides is 1. The average molecular weight is 459 g/mol. The lowest BCUT2D eigenvalue weighted by Gasteiger charge is -2.23. The smallest absolute Gasteiger partial charge is 0.243 e. The number of anilines is 1. The first-order chi connectivity index (χ1) is 14.9. The number of likely N-dealkylation sites (N-methyl/N-ethyl adjacent to an activating group) is 1. The third-order valence-electron chi connectivity index (χ3n) is 5.64. The van der Waals surface area contributed by atoms with Gasteiger partial charge in [-0.25, -0.2) is 13.4 Å². The molecule has 1 atom stereocenters. The summed E-state index contributed by atoms with van der Waals surface area (Å²) in [5, 5.41) is 3.99. The van der Waals surface area contributed by atoms with E-state index < -0.39 is 10.0 Å². The van der Waals surface area contributed by atoms with Crippen molar-refractivity contribution in [3.63, 3.8) is 0 Å².